The first-order valence-electron chi connectivity index (χ1n) is 10.5. The van der Waals surface area contributed by atoms with Crippen LogP contribution in [0.4, 0.5) is 5.69 Å². The molecule has 5 rings (SSSR count). The summed E-state index contributed by atoms with van der Waals surface area (Å²) in [7, 11) is 1.85. The van der Waals surface area contributed by atoms with E-state index in [4.69, 9.17) is 32.6 Å². The summed E-state index contributed by atoms with van der Waals surface area (Å²) in [6.07, 6.45) is 1.63. The van der Waals surface area contributed by atoms with E-state index in [-0.39, 0.29) is 5.56 Å². The zero-order valence-corrected chi connectivity index (χ0v) is 20.7. The fourth-order valence-corrected chi connectivity index (χ4v) is 5.23. The largest absolute Gasteiger partial charge is 0.467 e. The lowest BCUT2D eigenvalue weighted by atomic mass is 10.1. The van der Waals surface area contributed by atoms with Gasteiger partial charge in [0.2, 0.25) is 0 Å². The predicted octanol–water partition coefficient (Wildman–Crippen LogP) is 6.19. The number of hydrogen-bond acceptors (Lipinski definition) is 4. The van der Waals surface area contributed by atoms with Crippen LogP contribution in [0.3, 0.4) is 0 Å². The smallest absolute Gasteiger partial charge is 0.297 e. The van der Waals surface area contributed by atoms with Crippen molar-refractivity contribution in [3.8, 4) is 16.9 Å². The molecule has 0 aliphatic rings. The van der Waals surface area contributed by atoms with Gasteiger partial charge in [0.25, 0.3) is 5.56 Å². The van der Waals surface area contributed by atoms with Crippen molar-refractivity contribution in [2.45, 2.75) is 13.5 Å². The van der Waals surface area contributed by atoms with Gasteiger partial charge in [0.1, 0.15) is 5.76 Å². The number of halogens is 2. The van der Waals surface area contributed by atoms with Crippen LogP contribution in [0.15, 0.2) is 86.5 Å². The molecule has 0 unspecified atom stereocenters. The Bertz CT molecular complexity index is 1590. The van der Waals surface area contributed by atoms with E-state index < -0.39 is 0 Å². The number of thiazole rings is 1. The Hall–Kier alpha value is -3.26. The Morgan fingerprint density at radius 3 is 2.56 bits per heavy atom. The van der Waals surface area contributed by atoms with Crippen molar-refractivity contribution in [1.82, 2.24) is 13.9 Å². The van der Waals surface area contributed by atoms with Gasteiger partial charge in [0.15, 0.2) is 10.5 Å². The van der Waals surface area contributed by atoms with E-state index in [1.165, 1.54) is 11.3 Å². The number of furan rings is 1. The summed E-state index contributed by atoms with van der Waals surface area (Å²) in [6, 6.07) is 18.7. The zero-order chi connectivity index (χ0) is 23.8. The molecule has 34 heavy (non-hydrogen) atoms. The highest BCUT2D eigenvalue weighted by molar-refractivity contribution is 7.07. The van der Waals surface area contributed by atoms with E-state index in [0.717, 1.165) is 28.4 Å². The molecule has 2 aromatic carbocycles. The van der Waals surface area contributed by atoms with Crippen molar-refractivity contribution >= 4 is 40.2 Å². The van der Waals surface area contributed by atoms with Crippen molar-refractivity contribution < 1.29 is 4.42 Å². The van der Waals surface area contributed by atoms with Gasteiger partial charge in [0.05, 0.1) is 34.9 Å². The quantitative estimate of drug-likeness (QED) is 0.282. The third kappa shape index (κ3) is 4.07. The second kappa shape index (κ2) is 9.18. The summed E-state index contributed by atoms with van der Waals surface area (Å²) in [5.41, 5.74) is 3.42. The molecule has 0 N–H and O–H groups in total. The minimum atomic E-state index is -0.185. The lowest BCUT2D eigenvalue weighted by Gasteiger charge is -2.09. The topological polar surface area (TPSA) is 57.4 Å². The molecular weight excluding hydrogens is 491 g/mol. The number of nitrogens with zero attached hydrogens (tertiary/aromatic N) is 4. The molecule has 0 radical (unpaired) electrons. The van der Waals surface area contributed by atoms with Crippen LogP contribution in [-0.4, -0.2) is 13.9 Å². The minimum Gasteiger partial charge on any atom is -0.467 e. The third-order valence-electron chi connectivity index (χ3n) is 5.63. The van der Waals surface area contributed by atoms with E-state index >= 15 is 0 Å². The lowest BCUT2D eigenvalue weighted by molar-refractivity contribution is 0.492. The first-order valence-corrected chi connectivity index (χ1v) is 12.1. The van der Waals surface area contributed by atoms with Gasteiger partial charge in [-0.15, -0.1) is 11.3 Å². The van der Waals surface area contributed by atoms with Crippen LogP contribution < -0.4 is 10.4 Å². The molecule has 0 saturated heterocycles. The number of benzene rings is 2. The molecule has 172 valence electrons. The van der Waals surface area contributed by atoms with E-state index in [2.05, 4.69) is 0 Å². The summed E-state index contributed by atoms with van der Waals surface area (Å²) in [4.78, 5) is 18.9. The number of para-hydroxylation sites is 1. The molecule has 0 fully saturated rings. The standard InChI is InChI=1S/C25H20Cl2N4O2S/c1-16-23(24(32)31(29(16)2)18-7-4-3-5-8-18)28-25-30(14-19-9-6-12-33-19)22(15-34-25)20-11-10-17(26)13-21(20)27/h3-13,15H,14H2,1-2H3. The second-order valence-corrected chi connectivity index (χ2v) is 9.40. The summed E-state index contributed by atoms with van der Waals surface area (Å²) < 4.78 is 11.0. The van der Waals surface area contributed by atoms with E-state index in [0.29, 0.717) is 27.1 Å². The molecule has 0 spiro atoms. The van der Waals surface area contributed by atoms with Crippen LogP contribution in [0.5, 0.6) is 0 Å². The van der Waals surface area contributed by atoms with Crippen LogP contribution in [0.2, 0.25) is 10.0 Å². The van der Waals surface area contributed by atoms with Gasteiger partial charge in [-0.1, -0.05) is 41.4 Å². The molecule has 0 bridgehead atoms. The minimum absolute atomic E-state index is 0.185. The molecule has 0 atom stereocenters. The van der Waals surface area contributed by atoms with Crippen LogP contribution >= 0.6 is 34.5 Å². The summed E-state index contributed by atoms with van der Waals surface area (Å²) in [5, 5.41) is 3.07. The Morgan fingerprint density at radius 2 is 1.85 bits per heavy atom. The monoisotopic (exact) mass is 510 g/mol. The maximum Gasteiger partial charge on any atom is 0.297 e. The maximum atomic E-state index is 13.4. The summed E-state index contributed by atoms with van der Waals surface area (Å²) in [6.45, 7) is 2.32. The number of hydrogen-bond donors (Lipinski definition) is 0. The van der Waals surface area contributed by atoms with Gasteiger partial charge in [-0.25, -0.2) is 9.67 Å². The van der Waals surface area contributed by atoms with Crippen molar-refractivity contribution in [3.63, 3.8) is 0 Å². The Labute approximate surface area is 209 Å². The fourth-order valence-electron chi connectivity index (χ4n) is 3.82. The number of rotatable bonds is 5. The highest BCUT2D eigenvalue weighted by Crippen LogP contribution is 2.31. The molecule has 0 aliphatic carbocycles. The predicted molar refractivity (Wildman–Crippen MR) is 137 cm³/mol. The summed E-state index contributed by atoms with van der Waals surface area (Å²) >= 11 is 14.1. The van der Waals surface area contributed by atoms with Crippen molar-refractivity contribution in [3.05, 3.63) is 109 Å². The first kappa shape index (κ1) is 22.5. The average molecular weight is 511 g/mol. The van der Waals surface area contributed by atoms with Gasteiger partial charge >= 0.3 is 0 Å². The Kier molecular flexibility index (Phi) is 6.08. The molecular formula is C25H20Cl2N4O2S. The van der Waals surface area contributed by atoms with Crippen LogP contribution in [-0.2, 0) is 13.6 Å². The van der Waals surface area contributed by atoms with Gasteiger partial charge < -0.3 is 8.98 Å². The van der Waals surface area contributed by atoms with E-state index in [1.807, 2.05) is 77.1 Å². The van der Waals surface area contributed by atoms with Gasteiger partial charge in [-0.3, -0.25) is 9.48 Å². The van der Waals surface area contributed by atoms with Crippen LogP contribution in [0.1, 0.15) is 11.5 Å². The zero-order valence-electron chi connectivity index (χ0n) is 18.4. The van der Waals surface area contributed by atoms with Crippen LogP contribution in [0, 0.1) is 6.92 Å². The molecule has 3 aromatic heterocycles. The fraction of sp³-hybridized carbons (Fsp3) is 0.120. The van der Waals surface area contributed by atoms with Crippen molar-refractivity contribution in [2.75, 3.05) is 0 Å². The average Bonchev–Trinajstić information content (AvgIpc) is 3.52. The van der Waals surface area contributed by atoms with Crippen molar-refractivity contribution in [1.29, 1.82) is 0 Å². The van der Waals surface area contributed by atoms with Crippen LogP contribution in [0.25, 0.3) is 16.9 Å². The first-order chi connectivity index (χ1) is 16.4. The van der Waals surface area contributed by atoms with Crippen molar-refractivity contribution in [2.24, 2.45) is 12.0 Å². The highest BCUT2D eigenvalue weighted by Gasteiger charge is 2.18. The Balaban J connectivity index is 1.71. The normalized spacial score (nSPS) is 11.9. The SMILES string of the molecule is Cc1c(N=c2scc(-c3ccc(Cl)cc3Cl)n2Cc2ccco2)c(=O)n(-c2ccccc2)n1C. The van der Waals surface area contributed by atoms with Gasteiger partial charge in [0, 0.05) is 23.0 Å². The number of aromatic nitrogens is 3. The molecule has 6 nitrogen and oxygen atoms in total. The third-order valence-corrected chi connectivity index (χ3v) is 7.04. The maximum absolute atomic E-state index is 13.4. The highest BCUT2D eigenvalue weighted by atomic mass is 35.5. The molecule has 0 amide bonds. The van der Waals surface area contributed by atoms with Gasteiger partial charge in [-0.2, -0.15) is 0 Å². The molecule has 9 heteroatoms. The molecule has 0 saturated carbocycles. The summed E-state index contributed by atoms with van der Waals surface area (Å²) in [5.74, 6) is 0.762. The second-order valence-electron chi connectivity index (χ2n) is 7.72. The van der Waals surface area contributed by atoms with Gasteiger partial charge in [-0.05, 0) is 49.4 Å². The molecule has 0 aliphatic heterocycles. The molecule has 5 aromatic rings. The van der Waals surface area contributed by atoms with E-state index in [9.17, 15) is 4.79 Å². The Morgan fingerprint density at radius 1 is 1.06 bits per heavy atom. The van der Waals surface area contributed by atoms with E-state index in [1.54, 1.807) is 23.1 Å². The lowest BCUT2D eigenvalue weighted by Crippen LogP contribution is -2.20. The molecule has 3 heterocycles.